The number of rotatable bonds is 12. The van der Waals surface area contributed by atoms with E-state index in [0.717, 1.165) is 42.2 Å². The maximum Gasteiger partial charge on any atom is 0.408 e. The molecule has 1 atom stereocenters. The molecule has 1 amide bonds. The minimum atomic E-state index is -0.898. The molecule has 14 heteroatoms. The molecule has 4 aromatic rings. The van der Waals surface area contributed by atoms with Crippen molar-refractivity contribution in [2.75, 3.05) is 31.2 Å². The van der Waals surface area contributed by atoms with Crippen LogP contribution in [-0.2, 0) is 20.0 Å². The number of nitrogens with one attached hydrogen (secondary N) is 1. The molecule has 1 aliphatic heterocycles. The van der Waals surface area contributed by atoms with E-state index in [1.54, 1.807) is 45.0 Å². The van der Waals surface area contributed by atoms with E-state index >= 15 is 0 Å². The largest absolute Gasteiger partial charge is 0.490 e. The normalized spacial score (nSPS) is 13.2. The molecule has 264 valence electrons. The van der Waals surface area contributed by atoms with E-state index in [4.69, 9.17) is 35.8 Å². The van der Waals surface area contributed by atoms with Gasteiger partial charge in [0.25, 0.3) is 0 Å². The number of nitriles is 2. The molecular formula is C37H37ClN6O5S2. The van der Waals surface area contributed by atoms with Gasteiger partial charge in [0.05, 0.1) is 11.3 Å². The molecular weight excluding hydrogens is 708 g/mol. The van der Waals surface area contributed by atoms with Crippen molar-refractivity contribution in [1.82, 2.24) is 15.3 Å². The molecule has 11 nitrogen and oxygen atoms in total. The monoisotopic (exact) mass is 744 g/mol. The number of amides is 1. The van der Waals surface area contributed by atoms with Crippen molar-refractivity contribution < 1.29 is 23.8 Å². The highest BCUT2D eigenvalue weighted by molar-refractivity contribution is 7.98. The highest BCUT2D eigenvalue weighted by Gasteiger charge is 2.27. The molecule has 0 spiro atoms. The van der Waals surface area contributed by atoms with E-state index in [2.05, 4.69) is 22.4 Å². The van der Waals surface area contributed by atoms with Gasteiger partial charge in [-0.25, -0.2) is 19.6 Å². The lowest BCUT2D eigenvalue weighted by Crippen LogP contribution is -2.42. The number of pyridine rings is 1. The topological polar surface area (TPSA) is 150 Å². The van der Waals surface area contributed by atoms with Gasteiger partial charge >= 0.3 is 12.1 Å². The number of thiazole rings is 1. The van der Waals surface area contributed by atoms with Crippen molar-refractivity contribution in [2.24, 2.45) is 0 Å². The van der Waals surface area contributed by atoms with Gasteiger partial charge in [-0.3, -0.25) is 0 Å². The van der Waals surface area contributed by atoms with Gasteiger partial charge in [-0.15, -0.1) is 11.3 Å². The van der Waals surface area contributed by atoms with Gasteiger partial charge in [-0.05, 0) is 70.4 Å². The third-order valence-corrected chi connectivity index (χ3v) is 9.80. The summed E-state index contributed by atoms with van der Waals surface area (Å²) in [4.78, 5) is 36.1. The second-order valence-corrected chi connectivity index (χ2v) is 14.9. The number of halogens is 1. The van der Waals surface area contributed by atoms with Crippen molar-refractivity contribution in [1.29, 1.82) is 10.5 Å². The van der Waals surface area contributed by atoms with E-state index in [1.165, 1.54) is 30.0 Å². The summed E-state index contributed by atoms with van der Waals surface area (Å²) in [6.07, 6.45) is 1.28. The predicted molar refractivity (Wildman–Crippen MR) is 198 cm³/mol. The number of esters is 1. The summed E-state index contributed by atoms with van der Waals surface area (Å²) in [7, 11) is 0. The lowest BCUT2D eigenvalue weighted by molar-refractivity contribution is -0.146. The Morgan fingerprint density at radius 2 is 1.67 bits per heavy atom. The number of hydrogen-bond acceptors (Lipinski definition) is 12. The Labute approximate surface area is 310 Å². The molecule has 3 heterocycles. The highest BCUT2D eigenvalue weighted by atomic mass is 35.5. The van der Waals surface area contributed by atoms with Crippen molar-refractivity contribution >= 4 is 52.6 Å². The number of benzene rings is 2. The lowest BCUT2D eigenvalue weighted by atomic mass is 9.96. The van der Waals surface area contributed by atoms with Crippen molar-refractivity contribution in [3.05, 3.63) is 75.8 Å². The van der Waals surface area contributed by atoms with Crippen LogP contribution in [0.25, 0.3) is 21.7 Å². The summed E-state index contributed by atoms with van der Waals surface area (Å²) in [5.74, 6) is 0.952. The van der Waals surface area contributed by atoms with Gasteiger partial charge in [0.1, 0.15) is 64.2 Å². The molecule has 0 bridgehead atoms. The Morgan fingerprint density at radius 3 is 2.31 bits per heavy atom. The van der Waals surface area contributed by atoms with Crippen LogP contribution in [0.2, 0.25) is 5.02 Å². The Kier molecular flexibility index (Phi) is 12.4. The first kappa shape index (κ1) is 37.4. The van der Waals surface area contributed by atoms with E-state index in [-0.39, 0.29) is 13.2 Å². The predicted octanol–water partition coefficient (Wildman–Crippen LogP) is 8.00. The Bertz CT molecular complexity index is 1940. The number of hydrogen-bond donors (Lipinski definition) is 1. The zero-order valence-electron chi connectivity index (χ0n) is 28.7. The smallest absolute Gasteiger partial charge is 0.408 e. The number of anilines is 1. The average molecular weight is 745 g/mol. The van der Waals surface area contributed by atoms with Crippen LogP contribution in [0.4, 0.5) is 10.6 Å². The molecule has 1 fully saturated rings. The second-order valence-electron chi connectivity index (χ2n) is 12.6. The van der Waals surface area contributed by atoms with Crippen molar-refractivity contribution in [2.45, 2.75) is 63.0 Å². The molecule has 1 unspecified atom stereocenters. The fourth-order valence-corrected chi connectivity index (χ4v) is 7.17. The summed E-state index contributed by atoms with van der Waals surface area (Å²) >= 11 is 9.01. The summed E-state index contributed by atoms with van der Waals surface area (Å²) in [5, 5.41) is 27.4. The third-order valence-electron chi connectivity index (χ3n) is 7.60. The summed E-state index contributed by atoms with van der Waals surface area (Å²) < 4.78 is 16.2. The van der Waals surface area contributed by atoms with E-state index < -0.39 is 23.7 Å². The van der Waals surface area contributed by atoms with Crippen molar-refractivity contribution in [3.63, 3.8) is 0 Å². The molecule has 1 saturated heterocycles. The van der Waals surface area contributed by atoms with Crippen LogP contribution in [0.15, 0.2) is 58.9 Å². The lowest BCUT2D eigenvalue weighted by Gasteiger charge is -2.22. The quantitative estimate of drug-likeness (QED) is 0.0854. The standard InChI is InChI=1S/C37H37ClN6O5S2/c1-23(41-36(46)49-37(2,3)4)35(45)48-18-17-47-28-13-9-24(10-14-28)31-29(19-39)32(44-15-5-6-16-44)43-34(30(31)20-40)51-22-27-21-50-33(42-27)25-7-11-26(38)12-8-25/h7-14,21,23H,5-6,15-18,22H2,1-4H3,(H,41,46). The molecule has 51 heavy (non-hydrogen) atoms. The zero-order chi connectivity index (χ0) is 36.5. The molecule has 2 aromatic carbocycles. The van der Waals surface area contributed by atoms with Gasteiger partial charge in [0.2, 0.25) is 0 Å². The van der Waals surface area contributed by atoms with E-state index in [9.17, 15) is 20.1 Å². The van der Waals surface area contributed by atoms with Gasteiger partial charge in [0.15, 0.2) is 0 Å². The SMILES string of the molecule is CC(NC(=O)OC(C)(C)C)C(=O)OCCOc1ccc(-c2c(C#N)c(SCc3csc(-c4ccc(Cl)cc4)n3)nc(N3CCCC3)c2C#N)cc1. The summed E-state index contributed by atoms with van der Waals surface area (Å²) in [6, 6.07) is 18.4. The van der Waals surface area contributed by atoms with E-state index in [1.807, 2.05) is 29.6 Å². The minimum Gasteiger partial charge on any atom is -0.490 e. The van der Waals surface area contributed by atoms with Crippen LogP contribution in [-0.4, -0.2) is 60.0 Å². The molecule has 2 aromatic heterocycles. The molecule has 5 rings (SSSR count). The van der Waals surface area contributed by atoms with E-state index in [0.29, 0.717) is 49.6 Å². The van der Waals surface area contributed by atoms with Crippen LogP contribution >= 0.6 is 34.7 Å². The van der Waals surface area contributed by atoms with Gasteiger partial charge in [-0.2, -0.15) is 10.5 Å². The maximum atomic E-state index is 12.3. The summed E-state index contributed by atoms with van der Waals surface area (Å²) in [6.45, 7) is 8.29. The number of thioether (sulfide) groups is 1. The second kappa shape index (κ2) is 16.9. The molecule has 0 radical (unpaired) electrons. The third kappa shape index (κ3) is 9.91. The first-order valence-electron chi connectivity index (χ1n) is 16.3. The molecule has 0 aliphatic carbocycles. The molecule has 0 saturated carbocycles. The highest BCUT2D eigenvalue weighted by Crippen LogP contribution is 2.40. The summed E-state index contributed by atoms with van der Waals surface area (Å²) in [5.41, 5.74) is 3.01. The fourth-order valence-electron chi connectivity index (χ4n) is 5.24. The van der Waals surface area contributed by atoms with Crippen LogP contribution in [0, 0.1) is 22.7 Å². The number of aromatic nitrogens is 2. The van der Waals surface area contributed by atoms with Gasteiger partial charge < -0.3 is 24.4 Å². The first-order chi connectivity index (χ1) is 24.5. The Morgan fingerprint density at radius 1 is 1.00 bits per heavy atom. The zero-order valence-corrected chi connectivity index (χ0v) is 31.1. The maximum absolute atomic E-state index is 12.3. The number of ether oxygens (including phenoxy) is 3. The Hall–Kier alpha value is -4.82. The van der Waals surface area contributed by atoms with Crippen LogP contribution in [0.3, 0.4) is 0 Å². The average Bonchev–Trinajstić information content (AvgIpc) is 3.81. The number of nitrogens with zero attached hydrogens (tertiary/aromatic N) is 5. The number of carbonyl (C=O) groups is 2. The van der Waals surface area contributed by atoms with Gasteiger partial charge in [-0.1, -0.05) is 47.6 Å². The van der Waals surface area contributed by atoms with Crippen molar-refractivity contribution in [3.8, 4) is 39.6 Å². The fraction of sp³-hybridized carbons (Fsp3) is 0.351. The first-order valence-corrected chi connectivity index (χ1v) is 18.6. The van der Waals surface area contributed by atoms with Crippen LogP contribution in [0.5, 0.6) is 5.75 Å². The minimum absolute atomic E-state index is 0.0393. The number of alkyl carbamates (subject to hydrolysis) is 1. The number of carbonyl (C=O) groups excluding carboxylic acids is 2. The Balaban J connectivity index is 1.30. The van der Waals surface area contributed by atoms with Gasteiger partial charge in [0, 0.05) is 40.4 Å². The van der Waals surface area contributed by atoms with Crippen LogP contribution in [0.1, 0.15) is 57.4 Å². The molecule has 1 aliphatic rings. The molecule has 1 N–H and O–H groups in total. The van der Waals surface area contributed by atoms with Crippen LogP contribution < -0.4 is 15.0 Å².